The molecule has 3 nitrogen and oxygen atoms in total. The Balaban J connectivity index is 2.32. The summed E-state index contributed by atoms with van der Waals surface area (Å²) in [6, 6.07) is 13.5. The van der Waals surface area contributed by atoms with Crippen molar-refractivity contribution in [3.8, 4) is 11.5 Å². The summed E-state index contributed by atoms with van der Waals surface area (Å²) >= 11 is 3.41. The second-order valence-corrected chi connectivity index (χ2v) is 5.77. The van der Waals surface area contributed by atoms with Crippen LogP contribution in [-0.4, -0.2) is 19.2 Å². The van der Waals surface area contributed by atoms with Crippen LogP contribution in [0.4, 0.5) is 5.69 Å². The number of aliphatic hydroxyl groups excluding tert-OH is 1. The minimum atomic E-state index is -0.584. The highest BCUT2D eigenvalue weighted by atomic mass is 79.9. The highest BCUT2D eigenvalue weighted by Crippen LogP contribution is 2.33. The molecule has 0 aliphatic carbocycles. The molecule has 0 heterocycles. The van der Waals surface area contributed by atoms with Gasteiger partial charge in [0.05, 0.1) is 6.10 Å². The SMILES string of the molecule is CC(O)c1cc(Br)ccc1Oc1cccc(N(C)C)c1. The van der Waals surface area contributed by atoms with E-state index in [1.807, 2.05) is 61.5 Å². The van der Waals surface area contributed by atoms with Crippen molar-refractivity contribution in [2.24, 2.45) is 0 Å². The lowest BCUT2D eigenvalue weighted by molar-refractivity contribution is 0.195. The predicted molar refractivity (Wildman–Crippen MR) is 85.6 cm³/mol. The first-order valence-corrected chi connectivity index (χ1v) is 7.19. The van der Waals surface area contributed by atoms with Crippen LogP contribution in [0.5, 0.6) is 11.5 Å². The van der Waals surface area contributed by atoms with Gasteiger partial charge in [-0.05, 0) is 37.3 Å². The molecule has 0 spiro atoms. The Morgan fingerprint density at radius 1 is 1.15 bits per heavy atom. The van der Waals surface area contributed by atoms with E-state index in [1.54, 1.807) is 6.92 Å². The van der Waals surface area contributed by atoms with E-state index < -0.39 is 6.10 Å². The van der Waals surface area contributed by atoms with Gasteiger partial charge < -0.3 is 14.7 Å². The van der Waals surface area contributed by atoms with Gasteiger partial charge in [-0.15, -0.1) is 0 Å². The maximum absolute atomic E-state index is 9.84. The van der Waals surface area contributed by atoms with Gasteiger partial charge in [0.25, 0.3) is 0 Å². The molecule has 0 fully saturated rings. The molecule has 0 bridgehead atoms. The molecule has 0 amide bonds. The Morgan fingerprint density at radius 2 is 1.90 bits per heavy atom. The molecule has 4 heteroatoms. The Bertz CT molecular complexity index is 597. The maximum Gasteiger partial charge on any atom is 0.133 e. The van der Waals surface area contributed by atoms with E-state index in [0.717, 1.165) is 21.5 Å². The first-order chi connectivity index (χ1) is 9.47. The number of anilines is 1. The molecule has 1 atom stereocenters. The van der Waals surface area contributed by atoms with E-state index in [2.05, 4.69) is 15.9 Å². The first-order valence-electron chi connectivity index (χ1n) is 6.40. The minimum absolute atomic E-state index is 0.584. The normalized spacial score (nSPS) is 12.1. The summed E-state index contributed by atoms with van der Waals surface area (Å²) in [5.41, 5.74) is 1.83. The summed E-state index contributed by atoms with van der Waals surface area (Å²) in [6.45, 7) is 1.73. The van der Waals surface area contributed by atoms with Crippen molar-refractivity contribution in [2.45, 2.75) is 13.0 Å². The fourth-order valence-corrected chi connectivity index (χ4v) is 2.27. The summed E-state index contributed by atoms with van der Waals surface area (Å²) in [5, 5.41) is 9.84. The molecule has 0 aromatic heterocycles. The lowest BCUT2D eigenvalue weighted by Gasteiger charge is -2.16. The Kier molecular flexibility index (Phi) is 4.68. The Hall–Kier alpha value is -1.52. The third-order valence-electron chi connectivity index (χ3n) is 2.98. The number of benzene rings is 2. The van der Waals surface area contributed by atoms with Gasteiger partial charge >= 0.3 is 0 Å². The van der Waals surface area contributed by atoms with Crippen molar-refractivity contribution < 1.29 is 9.84 Å². The number of hydrogen-bond donors (Lipinski definition) is 1. The van der Waals surface area contributed by atoms with Crippen molar-refractivity contribution in [3.05, 3.63) is 52.5 Å². The fraction of sp³-hybridized carbons (Fsp3) is 0.250. The van der Waals surface area contributed by atoms with Crippen LogP contribution in [-0.2, 0) is 0 Å². The van der Waals surface area contributed by atoms with E-state index >= 15 is 0 Å². The van der Waals surface area contributed by atoms with Gasteiger partial charge in [-0.3, -0.25) is 0 Å². The zero-order valence-electron chi connectivity index (χ0n) is 11.8. The zero-order chi connectivity index (χ0) is 14.7. The molecule has 0 saturated heterocycles. The maximum atomic E-state index is 9.84. The van der Waals surface area contributed by atoms with Gasteiger partial charge in [-0.2, -0.15) is 0 Å². The lowest BCUT2D eigenvalue weighted by atomic mass is 10.1. The van der Waals surface area contributed by atoms with Crippen LogP contribution in [0.15, 0.2) is 46.9 Å². The average Bonchev–Trinajstić information content (AvgIpc) is 2.41. The smallest absolute Gasteiger partial charge is 0.133 e. The molecule has 0 saturated carbocycles. The Morgan fingerprint density at radius 3 is 2.55 bits per heavy atom. The summed E-state index contributed by atoms with van der Waals surface area (Å²) in [7, 11) is 3.97. The molecule has 0 aliphatic heterocycles. The van der Waals surface area contributed by atoms with Crippen molar-refractivity contribution in [1.29, 1.82) is 0 Å². The van der Waals surface area contributed by atoms with Gasteiger partial charge in [0.15, 0.2) is 0 Å². The molecular formula is C16H18BrNO2. The average molecular weight is 336 g/mol. The molecule has 0 aliphatic rings. The molecule has 1 N–H and O–H groups in total. The lowest BCUT2D eigenvalue weighted by Crippen LogP contribution is -2.08. The van der Waals surface area contributed by atoms with Crippen molar-refractivity contribution in [3.63, 3.8) is 0 Å². The predicted octanol–water partition coefficient (Wildman–Crippen LogP) is 4.36. The van der Waals surface area contributed by atoms with Crippen LogP contribution in [0, 0.1) is 0 Å². The molecule has 106 valence electrons. The van der Waals surface area contributed by atoms with E-state index in [9.17, 15) is 5.11 Å². The van der Waals surface area contributed by atoms with Crippen molar-refractivity contribution >= 4 is 21.6 Å². The highest BCUT2D eigenvalue weighted by Gasteiger charge is 2.11. The fourth-order valence-electron chi connectivity index (χ4n) is 1.89. The van der Waals surface area contributed by atoms with Crippen LogP contribution in [0.3, 0.4) is 0 Å². The van der Waals surface area contributed by atoms with Gasteiger partial charge in [0.2, 0.25) is 0 Å². The van der Waals surface area contributed by atoms with Gasteiger partial charge in [-0.1, -0.05) is 22.0 Å². The summed E-state index contributed by atoms with van der Waals surface area (Å²) in [4.78, 5) is 2.02. The number of halogens is 1. The van der Waals surface area contributed by atoms with Gasteiger partial charge in [-0.25, -0.2) is 0 Å². The number of ether oxygens (including phenoxy) is 1. The zero-order valence-corrected chi connectivity index (χ0v) is 13.4. The number of aliphatic hydroxyl groups is 1. The molecule has 2 aromatic rings. The summed E-state index contributed by atoms with van der Waals surface area (Å²) < 4.78 is 6.83. The van der Waals surface area contributed by atoms with Crippen molar-refractivity contribution in [2.75, 3.05) is 19.0 Å². The van der Waals surface area contributed by atoms with Crippen molar-refractivity contribution in [1.82, 2.24) is 0 Å². The second kappa shape index (κ2) is 6.29. The monoisotopic (exact) mass is 335 g/mol. The van der Waals surface area contributed by atoms with Crippen LogP contribution in [0.2, 0.25) is 0 Å². The number of hydrogen-bond acceptors (Lipinski definition) is 3. The van der Waals surface area contributed by atoms with E-state index in [1.165, 1.54) is 0 Å². The topological polar surface area (TPSA) is 32.7 Å². The van der Waals surface area contributed by atoms with Crippen LogP contribution in [0.25, 0.3) is 0 Å². The number of nitrogens with zero attached hydrogens (tertiary/aromatic N) is 1. The molecular weight excluding hydrogens is 318 g/mol. The third-order valence-corrected chi connectivity index (χ3v) is 3.48. The Labute approximate surface area is 127 Å². The second-order valence-electron chi connectivity index (χ2n) is 4.85. The minimum Gasteiger partial charge on any atom is -0.457 e. The molecule has 2 rings (SSSR count). The third kappa shape index (κ3) is 3.52. The molecule has 0 radical (unpaired) electrons. The summed E-state index contributed by atoms with van der Waals surface area (Å²) in [5.74, 6) is 1.42. The van der Waals surface area contributed by atoms with Crippen LogP contribution >= 0.6 is 15.9 Å². The van der Waals surface area contributed by atoms with Crippen LogP contribution < -0.4 is 9.64 Å². The van der Waals surface area contributed by atoms with Gasteiger partial charge in [0.1, 0.15) is 11.5 Å². The largest absolute Gasteiger partial charge is 0.457 e. The quantitative estimate of drug-likeness (QED) is 0.900. The molecule has 2 aromatic carbocycles. The van der Waals surface area contributed by atoms with E-state index in [4.69, 9.17) is 4.74 Å². The number of rotatable bonds is 4. The molecule has 20 heavy (non-hydrogen) atoms. The summed E-state index contributed by atoms with van der Waals surface area (Å²) in [6.07, 6.45) is -0.584. The first kappa shape index (κ1) is 14.9. The van der Waals surface area contributed by atoms with Gasteiger partial charge in [0, 0.05) is 35.9 Å². The van der Waals surface area contributed by atoms with E-state index in [-0.39, 0.29) is 0 Å². The standard InChI is InChI=1S/C16H18BrNO2/c1-11(19)15-9-12(17)7-8-16(15)20-14-6-4-5-13(10-14)18(2)3/h4-11,19H,1-3H3. The molecule has 1 unspecified atom stereocenters. The van der Waals surface area contributed by atoms with E-state index in [0.29, 0.717) is 5.75 Å². The van der Waals surface area contributed by atoms with Crippen LogP contribution in [0.1, 0.15) is 18.6 Å². The highest BCUT2D eigenvalue weighted by molar-refractivity contribution is 9.10.